The third-order valence-electron chi connectivity index (χ3n) is 2.96. The third kappa shape index (κ3) is 2.17. The van der Waals surface area contributed by atoms with Crippen LogP contribution in [-0.2, 0) is 4.79 Å². The number of fused-ring (bicyclic) bond motifs is 1. The monoisotopic (exact) mass is 200 g/mol. The van der Waals surface area contributed by atoms with Gasteiger partial charge in [-0.05, 0) is 23.3 Å². The summed E-state index contributed by atoms with van der Waals surface area (Å²) in [6.45, 7) is 1.93. The number of benzene rings is 1. The minimum absolute atomic E-state index is 0.349. The first kappa shape index (κ1) is 10.2. The highest BCUT2D eigenvalue weighted by Gasteiger charge is 2.07. The number of hydrogen-bond acceptors (Lipinski definition) is 1. The molecule has 0 aromatic heterocycles. The van der Waals surface area contributed by atoms with Crippen molar-refractivity contribution in [3.63, 3.8) is 0 Å². The Bertz CT molecular complexity index is 482. The summed E-state index contributed by atoms with van der Waals surface area (Å²) in [7, 11) is 0. The fourth-order valence-electron chi connectivity index (χ4n) is 2.08. The summed E-state index contributed by atoms with van der Waals surface area (Å²) >= 11 is 0. The van der Waals surface area contributed by atoms with Gasteiger partial charge in [0, 0.05) is 12.8 Å². The highest BCUT2D eigenvalue weighted by molar-refractivity contribution is 5.86. The Kier molecular flexibility index (Phi) is 3.00. The van der Waals surface area contributed by atoms with Crippen LogP contribution in [0.1, 0.15) is 32.6 Å². The summed E-state index contributed by atoms with van der Waals surface area (Å²) in [4.78, 5) is 11.5. The molecule has 1 aliphatic rings. The van der Waals surface area contributed by atoms with Crippen LogP contribution in [0.3, 0.4) is 0 Å². The largest absolute Gasteiger partial charge is 0.299 e. The van der Waals surface area contributed by atoms with Gasteiger partial charge in [0.05, 0.1) is 0 Å². The predicted molar refractivity (Wildman–Crippen MR) is 62.7 cm³/mol. The molecule has 0 aliphatic heterocycles. The van der Waals surface area contributed by atoms with Crippen molar-refractivity contribution in [2.24, 2.45) is 0 Å². The lowest BCUT2D eigenvalue weighted by molar-refractivity contribution is -0.117. The maximum Gasteiger partial charge on any atom is 0.136 e. The maximum atomic E-state index is 11.5. The Morgan fingerprint density at radius 1 is 1.33 bits per heavy atom. The quantitative estimate of drug-likeness (QED) is 0.727. The molecular weight excluding hydrogens is 184 g/mol. The lowest BCUT2D eigenvalue weighted by atomic mass is 9.95. The number of rotatable bonds is 3. The Labute approximate surface area is 90.1 Å². The van der Waals surface area contributed by atoms with Crippen molar-refractivity contribution in [2.45, 2.75) is 32.6 Å². The van der Waals surface area contributed by atoms with Gasteiger partial charge in [-0.15, -0.1) is 0 Å². The van der Waals surface area contributed by atoms with E-state index in [0.717, 1.165) is 12.8 Å². The summed E-state index contributed by atoms with van der Waals surface area (Å²) in [6, 6.07) is 8.36. The SMILES string of the molecule is CCC(=O)CC1=c2ccccc2=CCC1. The van der Waals surface area contributed by atoms with E-state index in [2.05, 4.69) is 30.3 Å². The normalized spacial score (nSPS) is 14.3. The summed E-state index contributed by atoms with van der Waals surface area (Å²) in [5.74, 6) is 0.349. The molecule has 0 N–H and O–H groups in total. The number of Topliss-reactive ketones (excluding diaryl/α,β-unsaturated/α-hetero) is 1. The van der Waals surface area contributed by atoms with Crippen LogP contribution >= 0.6 is 0 Å². The summed E-state index contributed by atoms with van der Waals surface area (Å²) < 4.78 is 0. The van der Waals surface area contributed by atoms with Crippen LogP contribution in [0.4, 0.5) is 0 Å². The average molecular weight is 200 g/mol. The number of hydrogen-bond donors (Lipinski definition) is 0. The van der Waals surface area contributed by atoms with Gasteiger partial charge in [0.15, 0.2) is 0 Å². The minimum Gasteiger partial charge on any atom is -0.299 e. The zero-order valence-electron chi connectivity index (χ0n) is 9.12. The summed E-state index contributed by atoms with van der Waals surface area (Å²) in [5.41, 5.74) is 1.32. The Balaban J connectivity index is 2.47. The molecule has 1 heteroatoms. The van der Waals surface area contributed by atoms with E-state index >= 15 is 0 Å². The molecule has 1 aliphatic carbocycles. The Hall–Kier alpha value is -1.37. The molecule has 0 saturated heterocycles. The highest BCUT2D eigenvalue weighted by Crippen LogP contribution is 2.13. The van der Waals surface area contributed by atoms with Gasteiger partial charge < -0.3 is 0 Å². The molecule has 1 aromatic rings. The van der Waals surface area contributed by atoms with Crippen molar-refractivity contribution < 1.29 is 4.79 Å². The molecule has 1 aromatic carbocycles. The second-order valence-electron chi connectivity index (χ2n) is 4.00. The molecule has 0 unspecified atom stereocenters. The molecule has 0 amide bonds. The third-order valence-corrected chi connectivity index (χ3v) is 2.96. The maximum absolute atomic E-state index is 11.5. The fraction of sp³-hybridized carbons (Fsp3) is 0.357. The van der Waals surface area contributed by atoms with E-state index < -0.39 is 0 Å². The molecule has 2 rings (SSSR count). The van der Waals surface area contributed by atoms with E-state index in [1.165, 1.54) is 16.0 Å². The van der Waals surface area contributed by atoms with E-state index in [1.54, 1.807) is 0 Å². The van der Waals surface area contributed by atoms with Crippen LogP contribution in [0.25, 0.3) is 11.6 Å². The van der Waals surface area contributed by atoms with Crippen LogP contribution in [0.5, 0.6) is 0 Å². The average Bonchev–Trinajstić information content (AvgIpc) is 2.29. The van der Waals surface area contributed by atoms with Crippen LogP contribution in [0.15, 0.2) is 24.3 Å². The lowest BCUT2D eigenvalue weighted by Crippen LogP contribution is -2.29. The predicted octanol–water partition coefficient (Wildman–Crippen LogP) is 1.78. The Morgan fingerprint density at radius 2 is 2.13 bits per heavy atom. The van der Waals surface area contributed by atoms with Gasteiger partial charge in [-0.1, -0.05) is 42.8 Å². The molecule has 0 saturated carbocycles. The molecule has 0 heterocycles. The second kappa shape index (κ2) is 4.43. The molecule has 0 radical (unpaired) electrons. The van der Waals surface area contributed by atoms with Gasteiger partial charge in [0.2, 0.25) is 0 Å². The van der Waals surface area contributed by atoms with Gasteiger partial charge in [-0.2, -0.15) is 0 Å². The molecular formula is C14H16O. The summed E-state index contributed by atoms with van der Waals surface area (Å²) in [6.07, 6.45) is 5.66. The summed E-state index contributed by atoms with van der Waals surface area (Å²) in [5, 5.41) is 2.58. The van der Waals surface area contributed by atoms with Crippen LogP contribution in [0, 0.1) is 0 Å². The zero-order chi connectivity index (χ0) is 10.7. The van der Waals surface area contributed by atoms with E-state index in [9.17, 15) is 4.79 Å². The molecule has 0 bridgehead atoms. The van der Waals surface area contributed by atoms with Crippen molar-refractivity contribution in [3.05, 3.63) is 34.7 Å². The van der Waals surface area contributed by atoms with Gasteiger partial charge in [-0.25, -0.2) is 0 Å². The van der Waals surface area contributed by atoms with E-state index in [-0.39, 0.29) is 0 Å². The first-order valence-corrected chi connectivity index (χ1v) is 5.60. The molecule has 0 spiro atoms. The highest BCUT2D eigenvalue weighted by atomic mass is 16.1. The number of ketones is 1. The molecule has 0 atom stereocenters. The molecule has 15 heavy (non-hydrogen) atoms. The van der Waals surface area contributed by atoms with Crippen molar-refractivity contribution in [3.8, 4) is 0 Å². The van der Waals surface area contributed by atoms with Gasteiger partial charge >= 0.3 is 0 Å². The topological polar surface area (TPSA) is 17.1 Å². The van der Waals surface area contributed by atoms with Gasteiger partial charge in [-0.3, -0.25) is 4.79 Å². The smallest absolute Gasteiger partial charge is 0.136 e. The number of carbonyl (C=O) groups is 1. The van der Waals surface area contributed by atoms with Crippen molar-refractivity contribution in [1.29, 1.82) is 0 Å². The zero-order valence-corrected chi connectivity index (χ0v) is 9.12. The van der Waals surface area contributed by atoms with Crippen LogP contribution < -0.4 is 10.4 Å². The van der Waals surface area contributed by atoms with E-state index in [4.69, 9.17) is 0 Å². The van der Waals surface area contributed by atoms with E-state index in [1.807, 2.05) is 6.92 Å². The first-order valence-electron chi connectivity index (χ1n) is 5.60. The first-order chi connectivity index (χ1) is 7.31. The second-order valence-corrected chi connectivity index (χ2v) is 4.00. The minimum atomic E-state index is 0.349. The van der Waals surface area contributed by atoms with Gasteiger partial charge in [0.1, 0.15) is 5.78 Å². The lowest BCUT2D eigenvalue weighted by Gasteiger charge is -2.09. The fourth-order valence-corrected chi connectivity index (χ4v) is 2.08. The van der Waals surface area contributed by atoms with Crippen LogP contribution in [0.2, 0.25) is 0 Å². The Morgan fingerprint density at radius 3 is 2.93 bits per heavy atom. The molecule has 0 fully saturated rings. The van der Waals surface area contributed by atoms with E-state index in [0.29, 0.717) is 18.6 Å². The van der Waals surface area contributed by atoms with Crippen molar-refractivity contribution >= 4 is 17.4 Å². The molecule has 1 nitrogen and oxygen atoms in total. The van der Waals surface area contributed by atoms with Crippen LogP contribution in [-0.4, -0.2) is 5.78 Å². The van der Waals surface area contributed by atoms with Crippen molar-refractivity contribution in [2.75, 3.05) is 0 Å². The van der Waals surface area contributed by atoms with Crippen molar-refractivity contribution in [1.82, 2.24) is 0 Å². The number of carbonyl (C=O) groups excluding carboxylic acids is 1. The van der Waals surface area contributed by atoms with Gasteiger partial charge in [0.25, 0.3) is 0 Å². The molecule has 78 valence electrons. The standard InChI is InChI=1S/C14H16O/c1-2-13(15)10-12-8-5-7-11-6-3-4-9-14(11)12/h3-4,6-7,9H,2,5,8,10H2,1H3.